The van der Waals surface area contributed by atoms with E-state index in [4.69, 9.17) is 4.74 Å². The molecule has 10 heteroatoms. The fourth-order valence-electron chi connectivity index (χ4n) is 3.84. The van der Waals surface area contributed by atoms with Crippen molar-refractivity contribution in [2.75, 3.05) is 11.1 Å². The van der Waals surface area contributed by atoms with Gasteiger partial charge in [-0.05, 0) is 38.1 Å². The summed E-state index contributed by atoms with van der Waals surface area (Å²) in [5.41, 5.74) is 2.67. The first kappa shape index (κ1) is 25.6. The van der Waals surface area contributed by atoms with Crippen molar-refractivity contribution >= 4 is 34.1 Å². The Kier molecular flexibility index (Phi) is 7.81. The summed E-state index contributed by atoms with van der Waals surface area (Å²) in [6.07, 6.45) is -0.600. The Morgan fingerprint density at radius 2 is 1.71 bits per heavy atom. The van der Waals surface area contributed by atoms with Gasteiger partial charge < -0.3 is 10.1 Å². The van der Waals surface area contributed by atoms with E-state index < -0.39 is 11.9 Å². The minimum Gasteiger partial charge on any atom is -0.480 e. The molecule has 0 saturated carbocycles. The van der Waals surface area contributed by atoms with Crippen molar-refractivity contribution in [2.45, 2.75) is 25.1 Å². The number of benzene rings is 3. The van der Waals surface area contributed by atoms with Crippen LogP contribution >= 0.6 is 23.1 Å². The number of aryl methyl sites for hydroxylation is 1. The van der Waals surface area contributed by atoms with E-state index in [0.29, 0.717) is 16.1 Å². The fraction of sp³-hybridized carbons (Fsp3) is 0.143. The summed E-state index contributed by atoms with van der Waals surface area (Å²) in [5, 5.41) is 12.6. The molecule has 0 fully saturated rings. The Balaban J connectivity index is 1.32. The van der Waals surface area contributed by atoms with Gasteiger partial charge in [-0.2, -0.15) is 0 Å². The van der Waals surface area contributed by atoms with Crippen LogP contribution in [-0.4, -0.2) is 31.4 Å². The van der Waals surface area contributed by atoms with E-state index in [9.17, 15) is 9.18 Å². The van der Waals surface area contributed by atoms with Crippen LogP contribution in [-0.2, 0) is 4.79 Å². The average molecular weight is 546 g/mol. The zero-order chi connectivity index (χ0) is 26.5. The number of para-hydroxylation sites is 2. The Hall–Kier alpha value is -4.02. The fourth-order valence-corrected chi connectivity index (χ4v) is 5.45. The van der Waals surface area contributed by atoms with E-state index in [-0.39, 0.29) is 17.4 Å². The lowest BCUT2D eigenvalue weighted by atomic mass is 10.1. The van der Waals surface area contributed by atoms with Crippen LogP contribution in [0.4, 0.5) is 9.52 Å². The number of carbonyl (C=O) groups excluding carboxylic acids is 1. The van der Waals surface area contributed by atoms with E-state index in [1.54, 1.807) is 25.1 Å². The number of aromatic nitrogens is 4. The van der Waals surface area contributed by atoms with Gasteiger partial charge in [-0.3, -0.25) is 9.36 Å². The predicted molar refractivity (Wildman–Crippen MR) is 148 cm³/mol. The van der Waals surface area contributed by atoms with E-state index in [2.05, 4.69) is 20.5 Å². The molecule has 1 amide bonds. The molecule has 0 aliphatic heterocycles. The summed E-state index contributed by atoms with van der Waals surface area (Å²) in [7, 11) is 0. The van der Waals surface area contributed by atoms with Crippen LogP contribution in [0.2, 0.25) is 0 Å². The Morgan fingerprint density at radius 1 is 1.03 bits per heavy atom. The highest BCUT2D eigenvalue weighted by atomic mass is 32.2. The van der Waals surface area contributed by atoms with E-state index in [1.165, 1.54) is 29.2 Å². The van der Waals surface area contributed by atoms with Gasteiger partial charge in [0.1, 0.15) is 0 Å². The molecule has 5 aromatic rings. The first-order chi connectivity index (χ1) is 18.5. The van der Waals surface area contributed by atoms with E-state index in [0.717, 1.165) is 21.8 Å². The van der Waals surface area contributed by atoms with Gasteiger partial charge in [0.2, 0.25) is 5.91 Å². The first-order valence-corrected chi connectivity index (χ1v) is 13.7. The molecule has 0 spiro atoms. The maximum absolute atomic E-state index is 14.2. The smallest absolute Gasteiger partial charge is 0.236 e. The van der Waals surface area contributed by atoms with Crippen LogP contribution < -0.4 is 10.1 Å². The molecular weight excluding hydrogens is 521 g/mol. The molecule has 3 aromatic carbocycles. The number of anilines is 1. The molecule has 0 bridgehead atoms. The Bertz CT molecular complexity index is 1540. The SMILES string of the molecule is Cc1sc(NC(=O)CSc2nnc(C(C)Oc3ccccc3F)n2-c2ccccc2)nc1-c1ccccc1. The third-order valence-corrected chi connectivity index (χ3v) is 7.41. The summed E-state index contributed by atoms with van der Waals surface area (Å²) in [6.45, 7) is 3.77. The first-order valence-electron chi connectivity index (χ1n) is 11.9. The summed E-state index contributed by atoms with van der Waals surface area (Å²) in [6, 6.07) is 25.6. The number of nitrogens with one attached hydrogen (secondary N) is 1. The number of amides is 1. The van der Waals surface area contributed by atoms with Gasteiger partial charge in [-0.1, -0.05) is 72.4 Å². The van der Waals surface area contributed by atoms with E-state index in [1.807, 2.05) is 72.2 Å². The molecule has 1 atom stereocenters. The monoisotopic (exact) mass is 545 g/mol. The minimum atomic E-state index is -0.600. The Labute approximate surface area is 227 Å². The second-order valence-electron chi connectivity index (χ2n) is 8.33. The maximum Gasteiger partial charge on any atom is 0.236 e. The topological polar surface area (TPSA) is 81.9 Å². The second-order valence-corrected chi connectivity index (χ2v) is 10.5. The minimum absolute atomic E-state index is 0.104. The molecule has 0 saturated heterocycles. The zero-order valence-electron chi connectivity index (χ0n) is 20.7. The maximum atomic E-state index is 14.2. The number of halogens is 1. The number of rotatable bonds is 9. The summed E-state index contributed by atoms with van der Waals surface area (Å²) < 4.78 is 21.9. The van der Waals surface area contributed by atoms with Gasteiger partial charge in [0.15, 0.2) is 33.8 Å². The number of thiazole rings is 1. The van der Waals surface area contributed by atoms with Crippen LogP contribution in [0.1, 0.15) is 23.7 Å². The molecule has 7 nitrogen and oxygen atoms in total. The summed E-state index contributed by atoms with van der Waals surface area (Å²) in [5.74, 6) is 0.0648. The lowest BCUT2D eigenvalue weighted by Gasteiger charge is -2.17. The molecule has 2 heterocycles. The van der Waals surface area contributed by atoms with Crippen LogP contribution in [0.15, 0.2) is 90.1 Å². The van der Waals surface area contributed by atoms with Crippen molar-refractivity contribution in [3.05, 3.63) is 101 Å². The molecule has 192 valence electrons. The van der Waals surface area contributed by atoms with Crippen molar-refractivity contribution in [3.8, 4) is 22.7 Å². The standard InChI is InChI=1S/C28H24FN5O2S2/c1-18(36-23-16-10-9-15-22(23)29)26-32-33-28(34(26)21-13-7-4-8-14-21)37-17-24(35)30-27-31-25(19(2)38-27)20-11-5-3-6-12-20/h3-16,18H,17H2,1-2H3,(H,30,31,35). The molecule has 0 aliphatic carbocycles. The second kappa shape index (κ2) is 11.6. The molecule has 1 N–H and O–H groups in total. The molecule has 5 rings (SSSR count). The van der Waals surface area contributed by atoms with Crippen LogP contribution in [0.25, 0.3) is 16.9 Å². The quantitative estimate of drug-likeness (QED) is 0.207. The van der Waals surface area contributed by atoms with Gasteiger partial charge in [0.25, 0.3) is 0 Å². The normalized spacial score (nSPS) is 11.8. The summed E-state index contributed by atoms with van der Waals surface area (Å²) >= 11 is 2.69. The van der Waals surface area contributed by atoms with Crippen molar-refractivity contribution < 1.29 is 13.9 Å². The van der Waals surface area contributed by atoms with Gasteiger partial charge in [0, 0.05) is 16.1 Å². The molecular formula is C28H24FN5O2S2. The van der Waals surface area contributed by atoms with Crippen molar-refractivity contribution in [1.29, 1.82) is 0 Å². The van der Waals surface area contributed by atoms with Crippen molar-refractivity contribution in [3.63, 3.8) is 0 Å². The lowest BCUT2D eigenvalue weighted by Crippen LogP contribution is -2.15. The van der Waals surface area contributed by atoms with Gasteiger partial charge in [0.05, 0.1) is 11.4 Å². The third-order valence-electron chi connectivity index (χ3n) is 5.60. The highest BCUT2D eigenvalue weighted by molar-refractivity contribution is 7.99. The molecule has 38 heavy (non-hydrogen) atoms. The van der Waals surface area contributed by atoms with Gasteiger partial charge in [-0.15, -0.1) is 21.5 Å². The number of nitrogens with zero attached hydrogens (tertiary/aromatic N) is 4. The van der Waals surface area contributed by atoms with Gasteiger partial charge >= 0.3 is 0 Å². The van der Waals surface area contributed by atoms with E-state index >= 15 is 0 Å². The summed E-state index contributed by atoms with van der Waals surface area (Å²) in [4.78, 5) is 18.5. The average Bonchev–Trinajstić information content (AvgIpc) is 3.53. The van der Waals surface area contributed by atoms with Gasteiger partial charge in [-0.25, -0.2) is 9.37 Å². The predicted octanol–water partition coefficient (Wildman–Crippen LogP) is 6.71. The van der Waals surface area contributed by atoms with Crippen molar-refractivity contribution in [2.24, 2.45) is 0 Å². The highest BCUT2D eigenvalue weighted by Gasteiger charge is 2.22. The number of ether oxygens (including phenoxy) is 1. The largest absolute Gasteiger partial charge is 0.480 e. The number of thioether (sulfide) groups is 1. The van der Waals surface area contributed by atoms with Crippen LogP contribution in [0, 0.1) is 12.7 Å². The Morgan fingerprint density at radius 3 is 2.45 bits per heavy atom. The molecule has 2 aromatic heterocycles. The molecule has 0 radical (unpaired) electrons. The van der Waals surface area contributed by atoms with Crippen LogP contribution in [0.5, 0.6) is 5.75 Å². The third kappa shape index (κ3) is 5.76. The number of hydrogen-bond donors (Lipinski definition) is 1. The zero-order valence-corrected chi connectivity index (χ0v) is 22.3. The molecule has 0 aliphatic rings. The number of carbonyl (C=O) groups is 1. The molecule has 1 unspecified atom stereocenters. The van der Waals surface area contributed by atoms with Crippen molar-refractivity contribution in [1.82, 2.24) is 19.7 Å². The number of hydrogen-bond acceptors (Lipinski definition) is 7. The lowest BCUT2D eigenvalue weighted by molar-refractivity contribution is -0.113. The van der Waals surface area contributed by atoms with Crippen LogP contribution in [0.3, 0.4) is 0 Å². The highest BCUT2D eigenvalue weighted by Crippen LogP contribution is 2.31.